The number of aliphatic hydroxyl groups excluding tert-OH is 7. The molecule has 11 atom stereocenters. The van der Waals surface area contributed by atoms with Gasteiger partial charge in [0.2, 0.25) is 0 Å². The lowest BCUT2D eigenvalue weighted by Gasteiger charge is -2.42. The van der Waals surface area contributed by atoms with Gasteiger partial charge in [-0.3, -0.25) is 9.59 Å². The summed E-state index contributed by atoms with van der Waals surface area (Å²) in [5.41, 5.74) is 0. The standard InChI is InChI=1S/C39H70O15/c1-3-5-7-8-9-10-11-12-13-14-15-16-17-18-20-22-31(42)52-27(24-49-30(41)21-19-6-4-2)25-50-38-37(48)35(46)33(44)29(54-38)26-51-39-36(47)34(45)32(43)28(23-40)53-39/h12-13,27-29,32-40,43-48H,3-11,14-26H2,1-2H3/b13-12-. The zero-order valence-corrected chi connectivity index (χ0v) is 32.5. The number of carbonyl (C=O) groups is 2. The van der Waals surface area contributed by atoms with E-state index in [1.807, 2.05) is 6.92 Å². The molecule has 2 fully saturated rings. The highest BCUT2D eigenvalue weighted by molar-refractivity contribution is 5.70. The van der Waals surface area contributed by atoms with Crippen LogP contribution in [0.5, 0.6) is 0 Å². The van der Waals surface area contributed by atoms with Crippen LogP contribution in [0.4, 0.5) is 0 Å². The summed E-state index contributed by atoms with van der Waals surface area (Å²) in [6.07, 6.45) is 5.13. The molecule has 54 heavy (non-hydrogen) atoms. The Balaban J connectivity index is 1.82. The molecule has 15 heteroatoms. The van der Waals surface area contributed by atoms with Crippen LogP contribution in [0.3, 0.4) is 0 Å². The molecule has 0 amide bonds. The summed E-state index contributed by atoms with van der Waals surface area (Å²) in [4.78, 5) is 25.1. The zero-order chi connectivity index (χ0) is 39.7. The van der Waals surface area contributed by atoms with Crippen molar-refractivity contribution < 1.29 is 73.8 Å². The van der Waals surface area contributed by atoms with Crippen molar-refractivity contribution in [3.8, 4) is 0 Å². The second kappa shape index (κ2) is 28.6. The Labute approximate surface area is 320 Å². The Morgan fingerprint density at radius 3 is 1.67 bits per heavy atom. The Bertz CT molecular complexity index is 1010. The second-order valence-electron chi connectivity index (χ2n) is 14.5. The van der Waals surface area contributed by atoms with Crippen molar-refractivity contribution in [1.29, 1.82) is 0 Å². The topological polar surface area (TPSA) is 231 Å². The molecule has 2 heterocycles. The van der Waals surface area contributed by atoms with Crippen LogP contribution in [0.15, 0.2) is 12.2 Å². The SMILES string of the molecule is CCCCCCCC/C=C\CCCCCCCC(=O)OC(COC(=O)CCCCC)COC1OC(COC2OC(CO)C(O)C(O)C2O)C(O)C(O)C1O. The number of rotatable bonds is 29. The first-order chi connectivity index (χ1) is 26.0. The minimum absolute atomic E-state index is 0.157. The van der Waals surface area contributed by atoms with Crippen molar-refractivity contribution in [1.82, 2.24) is 0 Å². The average Bonchev–Trinajstić information content (AvgIpc) is 3.16. The molecule has 0 aromatic rings. The predicted octanol–water partition coefficient (Wildman–Crippen LogP) is 2.70. The summed E-state index contributed by atoms with van der Waals surface area (Å²) in [6, 6.07) is 0. The summed E-state index contributed by atoms with van der Waals surface area (Å²) in [5, 5.41) is 71.4. The molecule has 11 unspecified atom stereocenters. The molecular weight excluding hydrogens is 708 g/mol. The molecule has 2 aliphatic rings. The highest BCUT2D eigenvalue weighted by Crippen LogP contribution is 2.26. The first-order valence-corrected chi connectivity index (χ1v) is 20.3. The molecule has 7 N–H and O–H groups in total. The number of hydrogen-bond acceptors (Lipinski definition) is 15. The molecule has 0 radical (unpaired) electrons. The summed E-state index contributed by atoms with van der Waals surface area (Å²) >= 11 is 0. The van der Waals surface area contributed by atoms with E-state index in [2.05, 4.69) is 19.1 Å². The van der Waals surface area contributed by atoms with Crippen molar-refractivity contribution in [2.75, 3.05) is 26.4 Å². The molecule has 0 spiro atoms. The van der Waals surface area contributed by atoms with Crippen molar-refractivity contribution in [3.63, 3.8) is 0 Å². The molecule has 0 aromatic carbocycles. The average molecular weight is 779 g/mol. The maximum Gasteiger partial charge on any atom is 0.306 e. The van der Waals surface area contributed by atoms with Gasteiger partial charge < -0.3 is 64.2 Å². The van der Waals surface area contributed by atoms with Crippen molar-refractivity contribution in [2.24, 2.45) is 0 Å². The third-order valence-electron chi connectivity index (χ3n) is 9.74. The summed E-state index contributed by atoms with van der Waals surface area (Å²) in [7, 11) is 0. The molecule has 15 nitrogen and oxygen atoms in total. The number of hydrogen-bond donors (Lipinski definition) is 7. The molecule has 2 rings (SSSR count). The fourth-order valence-electron chi connectivity index (χ4n) is 6.27. The minimum Gasteiger partial charge on any atom is -0.462 e. The summed E-state index contributed by atoms with van der Waals surface area (Å²) < 4.78 is 33.0. The molecule has 0 aliphatic carbocycles. The monoisotopic (exact) mass is 778 g/mol. The van der Waals surface area contributed by atoms with E-state index in [0.717, 1.165) is 51.4 Å². The molecular formula is C39H70O15. The number of carbonyl (C=O) groups excluding carboxylic acids is 2. The van der Waals surface area contributed by atoms with Crippen molar-refractivity contribution in [2.45, 2.75) is 197 Å². The predicted molar refractivity (Wildman–Crippen MR) is 197 cm³/mol. The van der Waals surface area contributed by atoms with Crippen LogP contribution in [-0.4, -0.2) is 142 Å². The third-order valence-corrected chi connectivity index (χ3v) is 9.74. The van der Waals surface area contributed by atoms with E-state index in [-0.39, 0.29) is 26.1 Å². The maximum absolute atomic E-state index is 12.8. The van der Waals surface area contributed by atoms with Crippen LogP contribution in [0.1, 0.15) is 129 Å². The van der Waals surface area contributed by atoms with Gasteiger partial charge in [-0.1, -0.05) is 90.2 Å². The van der Waals surface area contributed by atoms with Crippen molar-refractivity contribution in [3.05, 3.63) is 12.2 Å². The van der Waals surface area contributed by atoms with Crippen LogP contribution in [0.2, 0.25) is 0 Å². The van der Waals surface area contributed by atoms with Gasteiger partial charge in [0.15, 0.2) is 18.7 Å². The molecule has 316 valence electrons. The lowest BCUT2D eigenvalue weighted by Crippen LogP contribution is -2.61. The largest absolute Gasteiger partial charge is 0.462 e. The van der Waals surface area contributed by atoms with Gasteiger partial charge in [-0.2, -0.15) is 0 Å². The second-order valence-corrected chi connectivity index (χ2v) is 14.5. The van der Waals surface area contributed by atoms with Gasteiger partial charge in [0.1, 0.15) is 55.4 Å². The third kappa shape index (κ3) is 18.5. The number of allylic oxidation sites excluding steroid dienone is 2. The van der Waals surface area contributed by atoms with Gasteiger partial charge in [0, 0.05) is 12.8 Å². The summed E-state index contributed by atoms with van der Waals surface area (Å²) in [5.74, 6) is -0.964. The quantitative estimate of drug-likeness (QED) is 0.0329. The molecule has 2 aliphatic heterocycles. The Morgan fingerprint density at radius 2 is 1.06 bits per heavy atom. The first kappa shape index (κ1) is 48.4. The van der Waals surface area contributed by atoms with E-state index in [4.69, 9.17) is 28.4 Å². The van der Waals surface area contributed by atoms with Gasteiger partial charge in [-0.25, -0.2) is 0 Å². The first-order valence-electron chi connectivity index (χ1n) is 20.3. The van der Waals surface area contributed by atoms with E-state index in [1.54, 1.807) is 0 Å². The van der Waals surface area contributed by atoms with E-state index in [1.165, 1.54) is 38.5 Å². The Kier molecular flexibility index (Phi) is 25.6. The van der Waals surface area contributed by atoms with Gasteiger partial charge in [0.25, 0.3) is 0 Å². The van der Waals surface area contributed by atoms with Gasteiger partial charge in [0.05, 0.1) is 19.8 Å². The maximum atomic E-state index is 12.8. The van der Waals surface area contributed by atoms with Crippen molar-refractivity contribution >= 4 is 11.9 Å². The van der Waals surface area contributed by atoms with E-state index < -0.39 is 92.7 Å². The lowest BCUT2D eigenvalue weighted by atomic mass is 9.98. The minimum atomic E-state index is -1.76. The number of aliphatic hydroxyl groups is 7. The molecule has 2 saturated heterocycles. The summed E-state index contributed by atoms with van der Waals surface area (Å²) in [6.45, 7) is 2.35. The fourth-order valence-corrected chi connectivity index (χ4v) is 6.27. The van der Waals surface area contributed by atoms with Crippen LogP contribution < -0.4 is 0 Å². The number of esters is 2. The van der Waals surface area contributed by atoms with Gasteiger partial charge in [-0.15, -0.1) is 0 Å². The van der Waals surface area contributed by atoms with E-state index in [0.29, 0.717) is 12.8 Å². The number of ether oxygens (including phenoxy) is 6. The molecule has 0 bridgehead atoms. The van der Waals surface area contributed by atoms with Gasteiger partial charge >= 0.3 is 11.9 Å². The van der Waals surface area contributed by atoms with E-state index >= 15 is 0 Å². The normalized spacial score (nSPS) is 29.4. The van der Waals surface area contributed by atoms with Crippen LogP contribution in [0, 0.1) is 0 Å². The van der Waals surface area contributed by atoms with Crippen LogP contribution >= 0.6 is 0 Å². The smallest absolute Gasteiger partial charge is 0.306 e. The highest BCUT2D eigenvalue weighted by atomic mass is 16.7. The Morgan fingerprint density at radius 1 is 0.574 bits per heavy atom. The zero-order valence-electron chi connectivity index (χ0n) is 32.5. The molecule has 0 aromatic heterocycles. The fraction of sp³-hybridized carbons (Fsp3) is 0.897. The Hall–Kier alpha value is -1.76. The van der Waals surface area contributed by atoms with Crippen LogP contribution in [0.25, 0.3) is 0 Å². The lowest BCUT2D eigenvalue weighted by molar-refractivity contribution is -0.332. The highest BCUT2D eigenvalue weighted by Gasteiger charge is 2.47. The van der Waals surface area contributed by atoms with E-state index in [9.17, 15) is 45.3 Å². The number of unbranched alkanes of at least 4 members (excludes halogenated alkanes) is 13. The van der Waals surface area contributed by atoms with Crippen LogP contribution in [-0.2, 0) is 38.0 Å². The molecule has 0 saturated carbocycles. The van der Waals surface area contributed by atoms with Gasteiger partial charge in [-0.05, 0) is 38.5 Å².